The Balaban J connectivity index is 2.17. The van der Waals surface area contributed by atoms with E-state index in [1.807, 2.05) is 0 Å². The van der Waals surface area contributed by atoms with Gasteiger partial charge < -0.3 is 10.1 Å². The van der Waals surface area contributed by atoms with Gasteiger partial charge in [0.25, 0.3) is 0 Å². The molecule has 0 bridgehead atoms. The maximum atomic E-state index is 11.0. The lowest BCUT2D eigenvalue weighted by atomic mass is 10.0. The van der Waals surface area contributed by atoms with E-state index in [0.717, 1.165) is 31.5 Å². The number of nitrogens with one attached hydrogen (secondary N) is 1. The van der Waals surface area contributed by atoms with Crippen LogP contribution in [0.1, 0.15) is 25.7 Å². The van der Waals surface area contributed by atoms with Crippen molar-refractivity contribution < 1.29 is 9.53 Å². The Labute approximate surface area is 77.4 Å². The largest absolute Gasteiger partial charge is 0.370 e. The van der Waals surface area contributed by atoms with Gasteiger partial charge in [0.05, 0.1) is 0 Å². The van der Waals surface area contributed by atoms with Crippen molar-refractivity contribution in [2.24, 2.45) is 4.99 Å². The lowest BCUT2D eigenvalue weighted by molar-refractivity contribution is -0.117. The molecule has 1 fully saturated rings. The Kier molecular flexibility index (Phi) is 2.07. The summed E-state index contributed by atoms with van der Waals surface area (Å²) in [5.74, 6) is 0.732. The molecule has 0 spiro atoms. The zero-order valence-electron chi connectivity index (χ0n) is 7.80. The SMILES string of the molecule is COC1(C2=NCC(=O)N2)CCCC1. The van der Waals surface area contributed by atoms with Crippen LogP contribution in [0, 0.1) is 0 Å². The molecule has 0 saturated heterocycles. The number of rotatable bonds is 2. The first-order chi connectivity index (χ1) is 6.27. The van der Waals surface area contributed by atoms with Crippen LogP contribution in [0.3, 0.4) is 0 Å². The van der Waals surface area contributed by atoms with Crippen molar-refractivity contribution in [1.29, 1.82) is 0 Å². The van der Waals surface area contributed by atoms with E-state index in [1.165, 1.54) is 0 Å². The van der Waals surface area contributed by atoms with Gasteiger partial charge in [-0.2, -0.15) is 0 Å². The first-order valence-electron chi connectivity index (χ1n) is 4.67. The molecule has 72 valence electrons. The Hall–Kier alpha value is -0.900. The number of ether oxygens (including phenoxy) is 1. The number of amides is 1. The molecule has 0 aromatic rings. The third-order valence-corrected chi connectivity index (χ3v) is 2.87. The van der Waals surface area contributed by atoms with Gasteiger partial charge in [0.1, 0.15) is 18.0 Å². The van der Waals surface area contributed by atoms with Gasteiger partial charge in [0, 0.05) is 7.11 Å². The normalized spacial score (nSPS) is 25.9. The van der Waals surface area contributed by atoms with Crippen LogP contribution in [0.2, 0.25) is 0 Å². The summed E-state index contributed by atoms with van der Waals surface area (Å²) in [5.41, 5.74) is -0.286. The number of carbonyl (C=O) groups is 1. The zero-order chi connectivity index (χ0) is 9.31. The maximum Gasteiger partial charge on any atom is 0.247 e. The molecular weight excluding hydrogens is 168 g/mol. The fourth-order valence-corrected chi connectivity index (χ4v) is 2.10. The van der Waals surface area contributed by atoms with E-state index in [4.69, 9.17) is 4.74 Å². The number of hydrogen-bond acceptors (Lipinski definition) is 3. The molecule has 0 radical (unpaired) electrons. The average molecular weight is 182 g/mol. The second-order valence-electron chi connectivity index (χ2n) is 3.62. The summed E-state index contributed by atoms with van der Waals surface area (Å²) in [6.07, 6.45) is 4.26. The summed E-state index contributed by atoms with van der Waals surface area (Å²) in [6, 6.07) is 0. The van der Waals surface area contributed by atoms with E-state index in [-0.39, 0.29) is 18.1 Å². The van der Waals surface area contributed by atoms with Crippen LogP contribution >= 0.6 is 0 Å². The molecule has 4 nitrogen and oxygen atoms in total. The predicted octanol–water partition coefficient (Wildman–Crippen LogP) is 0.474. The molecule has 1 saturated carbocycles. The van der Waals surface area contributed by atoms with Crippen molar-refractivity contribution in [2.75, 3.05) is 13.7 Å². The number of methoxy groups -OCH3 is 1. The van der Waals surface area contributed by atoms with Gasteiger partial charge in [0.15, 0.2) is 0 Å². The molecule has 4 heteroatoms. The summed E-state index contributed by atoms with van der Waals surface area (Å²) in [6.45, 7) is 0.264. The number of aliphatic imine (C=N–C) groups is 1. The smallest absolute Gasteiger partial charge is 0.247 e. The Morgan fingerprint density at radius 1 is 1.46 bits per heavy atom. The molecule has 0 unspecified atom stereocenters. The highest BCUT2D eigenvalue weighted by atomic mass is 16.5. The zero-order valence-corrected chi connectivity index (χ0v) is 7.80. The highest BCUT2D eigenvalue weighted by Crippen LogP contribution is 2.33. The van der Waals surface area contributed by atoms with E-state index in [1.54, 1.807) is 7.11 Å². The highest BCUT2D eigenvalue weighted by Gasteiger charge is 2.41. The molecule has 1 N–H and O–H groups in total. The summed E-state index contributed by atoms with van der Waals surface area (Å²) in [5, 5.41) is 2.77. The van der Waals surface area contributed by atoms with Gasteiger partial charge >= 0.3 is 0 Å². The van der Waals surface area contributed by atoms with Crippen molar-refractivity contribution in [3.63, 3.8) is 0 Å². The molecule has 1 heterocycles. The quantitative estimate of drug-likeness (QED) is 0.675. The monoisotopic (exact) mass is 182 g/mol. The van der Waals surface area contributed by atoms with Crippen LogP contribution in [0.4, 0.5) is 0 Å². The van der Waals surface area contributed by atoms with Crippen LogP contribution in [0.5, 0.6) is 0 Å². The van der Waals surface area contributed by atoms with Crippen molar-refractivity contribution in [3.8, 4) is 0 Å². The molecule has 1 aliphatic carbocycles. The van der Waals surface area contributed by atoms with Gasteiger partial charge in [-0.1, -0.05) is 0 Å². The fraction of sp³-hybridized carbons (Fsp3) is 0.778. The Morgan fingerprint density at radius 3 is 2.62 bits per heavy atom. The summed E-state index contributed by atoms with van der Waals surface area (Å²) >= 11 is 0. The van der Waals surface area contributed by atoms with Crippen LogP contribution in [0.15, 0.2) is 4.99 Å². The molecule has 13 heavy (non-hydrogen) atoms. The molecule has 2 aliphatic rings. The Morgan fingerprint density at radius 2 is 2.15 bits per heavy atom. The first-order valence-corrected chi connectivity index (χ1v) is 4.67. The molecule has 0 aromatic heterocycles. The predicted molar refractivity (Wildman–Crippen MR) is 48.7 cm³/mol. The van der Waals surface area contributed by atoms with Gasteiger partial charge in [-0.15, -0.1) is 0 Å². The topological polar surface area (TPSA) is 50.7 Å². The van der Waals surface area contributed by atoms with Gasteiger partial charge in [0.2, 0.25) is 5.91 Å². The third-order valence-electron chi connectivity index (χ3n) is 2.87. The second-order valence-corrected chi connectivity index (χ2v) is 3.62. The van der Waals surface area contributed by atoms with Crippen LogP contribution in [0.25, 0.3) is 0 Å². The summed E-state index contributed by atoms with van der Waals surface area (Å²) in [7, 11) is 1.69. The minimum absolute atomic E-state index is 0.0154. The maximum absolute atomic E-state index is 11.0. The second kappa shape index (κ2) is 3.10. The lowest BCUT2D eigenvalue weighted by Crippen LogP contribution is -2.45. The minimum Gasteiger partial charge on any atom is -0.370 e. The van der Waals surface area contributed by atoms with Crippen molar-refractivity contribution in [3.05, 3.63) is 0 Å². The number of carbonyl (C=O) groups excluding carboxylic acids is 1. The highest BCUT2D eigenvalue weighted by molar-refractivity contribution is 6.08. The first kappa shape index (κ1) is 8.69. The average Bonchev–Trinajstić information content (AvgIpc) is 2.73. The van der Waals surface area contributed by atoms with Crippen LogP contribution < -0.4 is 5.32 Å². The number of hydrogen-bond donors (Lipinski definition) is 1. The van der Waals surface area contributed by atoms with Gasteiger partial charge in [-0.25, -0.2) is 0 Å². The molecule has 1 aliphatic heterocycles. The molecule has 1 amide bonds. The third kappa shape index (κ3) is 1.35. The van der Waals surface area contributed by atoms with E-state index in [2.05, 4.69) is 10.3 Å². The molecule has 2 rings (SSSR count). The summed E-state index contributed by atoms with van der Waals surface area (Å²) in [4.78, 5) is 15.2. The van der Waals surface area contributed by atoms with Crippen LogP contribution in [-0.2, 0) is 9.53 Å². The van der Waals surface area contributed by atoms with Crippen LogP contribution in [-0.4, -0.2) is 31.0 Å². The number of amidine groups is 1. The van der Waals surface area contributed by atoms with E-state index < -0.39 is 0 Å². The van der Waals surface area contributed by atoms with Crippen molar-refractivity contribution in [2.45, 2.75) is 31.3 Å². The molecule has 0 aromatic carbocycles. The minimum atomic E-state index is -0.286. The fourth-order valence-electron chi connectivity index (χ4n) is 2.10. The van der Waals surface area contributed by atoms with Gasteiger partial charge in [-0.3, -0.25) is 9.79 Å². The van der Waals surface area contributed by atoms with Crippen molar-refractivity contribution >= 4 is 11.7 Å². The molecular formula is C9H14N2O2. The Bertz CT molecular complexity index is 254. The van der Waals surface area contributed by atoms with E-state index >= 15 is 0 Å². The van der Waals surface area contributed by atoms with E-state index in [0.29, 0.717) is 0 Å². The summed E-state index contributed by atoms with van der Waals surface area (Å²) < 4.78 is 5.49. The lowest BCUT2D eigenvalue weighted by Gasteiger charge is -2.26. The standard InChI is InChI=1S/C9H14N2O2/c1-13-9(4-2-3-5-9)8-10-6-7(12)11-8/h2-6H2,1H3,(H,10,11,12). The number of nitrogens with zero attached hydrogens (tertiary/aromatic N) is 1. The van der Waals surface area contributed by atoms with Gasteiger partial charge in [-0.05, 0) is 25.7 Å². The molecule has 0 atom stereocenters. The van der Waals surface area contributed by atoms with E-state index in [9.17, 15) is 4.79 Å². The van der Waals surface area contributed by atoms with Crippen molar-refractivity contribution in [1.82, 2.24) is 5.32 Å².